The molecule has 3 N–H and O–H groups in total. The van der Waals surface area contributed by atoms with Crippen molar-refractivity contribution < 1.29 is 4.39 Å². The first-order valence-electron chi connectivity index (χ1n) is 5.93. The standard InChI is InChI=1S/C13H19FN2/c1-9-5-6-11(12(14)7-9)13(16-15)8-10-3-2-4-10/h5-7,10,13,16H,2-4,8,15H2,1H3. The number of aryl methyl sites for hydroxylation is 1. The predicted molar refractivity (Wildman–Crippen MR) is 63.2 cm³/mol. The summed E-state index contributed by atoms with van der Waals surface area (Å²) in [5, 5.41) is 0. The Hall–Kier alpha value is -0.930. The van der Waals surface area contributed by atoms with E-state index in [1.54, 1.807) is 6.07 Å². The zero-order chi connectivity index (χ0) is 11.5. The van der Waals surface area contributed by atoms with Gasteiger partial charge in [-0.1, -0.05) is 31.4 Å². The Bertz CT molecular complexity index is 361. The van der Waals surface area contributed by atoms with Gasteiger partial charge in [0.1, 0.15) is 5.82 Å². The molecule has 1 unspecified atom stereocenters. The molecule has 1 aliphatic rings. The molecule has 0 spiro atoms. The Morgan fingerprint density at radius 1 is 1.50 bits per heavy atom. The summed E-state index contributed by atoms with van der Waals surface area (Å²) in [5.41, 5.74) is 4.38. The highest BCUT2D eigenvalue weighted by atomic mass is 19.1. The average molecular weight is 222 g/mol. The van der Waals surface area contributed by atoms with E-state index >= 15 is 0 Å². The lowest BCUT2D eigenvalue weighted by atomic mass is 9.79. The number of nitrogens with one attached hydrogen (secondary N) is 1. The third-order valence-corrected chi connectivity index (χ3v) is 3.53. The van der Waals surface area contributed by atoms with Gasteiger partial charge in [-0.05, 0) is 30.9 Å². The van der Waals surface area contributed by atoms with Gasteiger partial charge in [-0.2, -0.15) is 0 Å². The lowest BCUT2D eigenvalue weighted by Crippen LogP contribution is -2.31. The molecule has 3 heteroatoms. The number of halogens is 1. The van der Waals surface area contributed by atoms with E-state index in [2.05, 4.69) is 5.43 Å². The molecule has 0 aliphatic heterocycles. The fourth-order valence-corrected chi connectivity index (χ4v) is 2.26. The zero-order valence-electron chi connectivity index (χ0n) is 9.67. The van der Waals surface area contributed by atoms with Crippen LogP contribution in [-0.4, -0.2) is 0 Å². The maximum atomic E-state index is 13.8. The second-order valence-electron chi connectivity index (χ2n) is 4.78. The van der Waals surface area contributed by atoms with Gasteiger partial charge in [-0.25, -0.2) is 4.39 Å². The van der Waals surface area contributed by atoms with Crippen LogP contribution < -0.4 is 11.3 Å². The first kappa shape index (κ1) is 11.6. The lowest BCUT2D eigenvalue weighted by molar-refractivity contribution is 0.259. The average Bonchev–Trinajstić information content (AvgIpc) is 2.18. The highest BCUT2D eigenvalue weighted by Gasteiger charge is 2.23. The van der Waals surface area contributed by atoms with Crippen molar-refractivity contribution in [2.24, 2.45) is 11.8 Å². The molecule has 0 saturated heterocycles. The number of hydrogen-bond acceptors (Lipinski definition) is 2. The molecule has 88 valence electrons. The summed E-state index contributed by atoms with van der Waals surface area (Å²) in [6.07, 6.45) is 4.76. The Morgan fingerprint density at radius 2 is 2.25 bits per heavy atom. The molecule has 1 aromatic rings. The first-order chi connectivity index (χ1) is 7.70. The van der Waals surface area contributed by atoms with Crippen LogP contribution in [0.15, 0.2) is 18.2 Å². The van der Waals surface area contributed by atoms with Gasteiger partial charge in [0.25, 0.3) is 0 Å². The van der Waals surface area contributed by atoms with Gasteiger partial charge in [0, 0.05) is 11.6 Å². The summed E-state index contributed by atoms with van der Waals surface area (Å²) in [6.45, 7) is 1.89. The van der Waals surface area contributed by atoms with Gasteiger partial charge >= 0.3 is 0 Å². The normalized spacial score (nSPS) is 18.2. The van der Waals surface area contributed by atoms with Crippen LogP contribution in [0.4, 0.5) is 4.39 Å². The summed E-state index contributed by atoms with van der Waals surface area (Å²) in [6, 6.07) is 5.29. The van der Waals surface area contributed by atoms with Crippen molar-refractivity contribution in [3.63, 3.8) is 0 Å². The minimum Gasteiger partial charge on any atom is -0.271 e. The SMILES string of the molecule is Cc1ccc(C(CC2CCC2)NN)c(F)c1. The second-order valence-corrected chi connectivity index (χ2v) is 4.78. The second kappa shape index (κ2) is 4.93. The summed E-state index contributed by atoms with van der Waals surface area (Å²) in [5.74, 6) is 6.08. The van der Waals surface area contributed by atoms with E-state index in [0.29, 0.717) is 11.5 Å². The summed E-state index contributed by atoms with van der Waals surface area (Å²) < 4.78 is 13.8. The molecule has 0 radical (unpaired) electrons. The van der Waals surface area contributed by atoms with Gasteiger partial charge < -0.3 is 0 Å². The molecule has 1 atom stereocenters. The van der Waals surface area contributed by atoms with Crippen molar-refractivity contribution in [2.45, 2.75) is 38.6 Å². The molecule has 1 aromatic carbocycles. The molecule has 0 aromatic heterocycles. The largest absolute Gasteiger partial charge is 0.271 e. The monoisotopic (exact) mass is 222 g/mol. The topological polar surface area (TPSA) is 38.0 Å². The number of hydrogen-bond donors (Lipinski definition) is 2. The van der Waals surface area contributed by atoms with Gasteiger partial charge in [0.05, 0.1) is 0 Å². The Balaban J connectivity index is 2.11. The van der Waals surface area contributed by atoms with Crippen LogP contribution in [0.2, 0.25) is 0 Å². The molecule has 0 bridgehead atoms. The summed E-state index contributed by atoms with van der Waals surface area (Å²) in [7, 11) is 0. The van der Waals surface area contributed by atoms with Crippen molar-refractivity contribution in [2.75, 3.05) is 0 Å². The molecule has 1 aliphatic carbocycles. The van der Waals surface area contributed by atoms with Crippen LogP contribution in [-0.2, 0) is 0 Å². The lowest BCUT2D eigenvalue weighted by Gasteiger charge is -2.29. The Labute approximate surface area is 96.0 Å². The third kappa shape index (κ3) is 2.42. The smallest absolute Gasteiger partial charge is 0.128 e. The van der Waals surface area contributed by atoms with Crippen LogP contribution >= 0.6 is 0 Å². The fourth-order valence-electron chi connectivity index (χ4n) is 2.26. The van der Waals surface area contributed by atoms with Crippen LogP contribution in [0.1, 0.15) is 42.9 Å². The fraction of sp³-hybridized carbons (Fsp3) is 0.538. The maximum absolute atomic E-state index is 13.8. The molecule has 0 heterocycles. The van der Waals surface area contributed by atoms with Crippen molar-refractivity contribution >= 4 is 0 Å². The van der Waals surface area contributed by atoms with E-state index in [0.717, 1.165) is 12.0 Å². The highest BCUT2D eigenvalue weighted by molar-refractivity contribution is 5.26. The predicted octanol–water partition coefficient (Wildman–Crippen LogP) is 2.83. The molecular weight excluding hydrogens is 203 g/mol. The Morgan fingerprint density at radius 3 is 2.75 bits per heavy atom. The molecule has 1 fully saturated rings. The van der Waals surface area contributed by atoms with Gasteiger partial charge in [0.15, 0.2) is 0 Å². The maximum Gasteiger partial charge on any atom is 0.128 e. The van der Waals surface area contributed by atoms with Crippen LogP contribution in [0.3, 0.4) is 0 Å². The Kier molecular flexibility index (Phi) is 3.56. The number of rotatable bonds is 4. The summed E-state index contributed by atoms with van der Waals surface area (Å²) >= 11 is 0. The molecule has 2 nitrogen and oxygen atoms in total. The minimum atomic E-state index is -0.151. The number of benzene rings is 1. The summed E-state index contributed by atoms with van der Waals surface area (Å²) in [4.78, 5) is 0. The van der Waals surface area contributed by atoms with Gasteiger partial charge in [0.2, 0.25) is 0 Å². The minimum absolute atomic E-state index is 0.0501. The van der Waals surface area contributed by atoms with Gasteiger partial charge in [-0.15, -0.1) is 0 Å². The molecule has 0 amide bonds. The van der Waals surface area contributed by atoms with E-state index in [-0.39, 0.29) is 11.9 Å². The van der Waals surface area contributed by atoms with Crippen LogP contribution in [0.25, 0.3) is 0 Å². The third-order valence-electron chi connectivity index (χ3n) is 3.53. The van der Waals surface area contributed by atoms with Crippen LogP contribution in [0, 0.1) is 18.7 Å². The van der Waals surface area contributed by atoms with Crippen LogP contribution in [0.5, 0.6) is 0 Å². The van der Waals surface area contributed by atoms with E-state index in [4.69, 9.17) is 5.84 Å². The van der Waals surface area contributed by atoms with E-state index in [9.17, 15) is 4.39 Å². The van der Waals surface area contributed by atoms with Crippen molar-refractivity contribution in [1.29, 1.82) is 0 Å². The highest BCUT2D eigenvalue weighted by Crippen LogP contribution is 2.35. The molecular formula is C13H19FN2. The zero-order valence-corrected chi connectivity index (χ0v) is 9.67. The van der Waals surface area contributed by atoms with Crippen molar-refractivity contribution in [1.82, 2.24) is 5.43 Å². The quantitative estimate of drug-likeness (QED) is 0.607. The van der Waals surface area contributed by atoms with Crippen molar-refractivity contribution in [3.8, 4) is 0 Å². The van der Waals surface area contributed by atoms with Crippen molar-refractivity contribution in [3.05, 3.63) is 35.1 Å². The van der Waals surface area contributed by atoms with E-state index < -0.39 is 0 Å². The molecule has 1 saturated carbocycles. The first-order valence-corrected chi connectivity index (χ1v) is 5.93. The number of hydrazine groups is 1. The van der Waals surface area contributed by atoms with Gasteiger partial charge in [-0.3, -0.25) is 11.3 Å². The molecule has 2 rings (SSSR count). The number of nitrogens with two attached hydrogens (primary N) is 1. The molecule has 16 heavy (non-hydrogen) atoms. The van der Waals surface area contributed by atoms with E-state index in [1.165, 1.54) is 19.3 Å². The van der Waals surface area contributed by atoms with E-state index in [1.807, 2.05) is 19.1 Å².